The van der Waals surface area contributed by atoms with E-state index in [-0.39, 0.29) is 12.5 Å². The summed E-state index contributed by atoms with van der Waals surface area (Å²) in [6, 6.07) is 0. The Balaban J connectivity index is 3.65. The number of methoxy groups -OCH3 is 1. The number of hydrogen-bond acceptors (Lipinski definition) is 3. The summed E-state index contributed by atoms with van der Waals surface area (Å²) in [6.07, 6.45) is 0.891. The number of carbonyl (C=O) groups is 1. The Bertz CT molecular complexity index is 233. The number of hydrogen-bond donors (Lipinski definition) is 2. The number of ether oxygens (including phenoxy) is 1. The van der Waals surface area contributed by atoms with Gasteiger partial charge in [0.15, 0.2) is 5.11 Å². The van der Waals surface area contributed by atoms with Gasteiger partial charge in [0.2, 0.25) is 5.91 Å². The van der Waals surface area contributed by atoms with Crippen molar-refractivity contribution in [3.8, 4) is 0 Å². The SMILES string of the molecule is CCN(CC)C(=O)CNC(=S)NCCCOC. The minimum absolute atomic E-state index is 0.0658. The van der Waals surface area contributed by atoms with Crippen molar-refractivity contribution >= 4 is 23.2 Å². The maximum atomic E-state index is 11.6. The second kappa shape index (κ2) is 10.3. The molecule has 100 valence electrons. The number of rotatable bonds is 8. The summed E-state index contributed by atoms with van der Waals surface area (Å²) in [7, 11) is 1.67. The van der Waals surface area contributed by atoms with Gasteiger partial charge in [-0.05, 0) is 32.5 Å². The molecule has 0 bridgehead atoms. The Morgan fingerprint density at radius 2 is 1.94 bits per heavy atom. The summed E-state index contributed by atoms with van der Waals surface area (Å²) >= 11 is 5.05. The molecule has 0 aromatic heterocycles. The lowest BCUT2D eigenvalue weighted by molar-refractivity contribution is -0.129. The zero-order valence-electron chi connectivity index (χ0n) is 10.9. The molecule has 6 heteroatoms. The van der Waals surface area contributed by atoms with Crippen molar-refractivity contribution in [1.82, 2.24) is 15.5 Å². The molecule has 0 atom stereocenters. The molecule has 0 aromatic rings. The first-order chi connectivity index (χ1) is 8.15. The third-order valence-electron chi connectivity index (χ3n) is 2.33. The van der Waals surface area contributed by atoms with Gasteiger partial charge in [0.05, 0.1) is 6.54 Å². The largest absolute Gasteiger partial charge is 0.385 e. The molecule has 0 rings (SSSR count). The molecular weight excluding hydrogens is 238 g/mol. The van der Waals surface area contributed by atoms with E-state index < -0.39 is 0 Å². The van der Waals surface area contributed by atoms with Crippen molar-refractivity contribution in [2.75, 3.05) is 39.9 Å². The first-order valence-electron chi connectivity index (χ1n) is 5.94. The van der Waals surface area contributed by atoms with Gasteiger partial charge < -0.3 is 20.3 Å². The summed E-state index contributed by atoms with van der Waals surface area (Å²) in [5.74, 6) is 0.0658. The van der Waals surface area contributed by atoms with Crippen LogP contribution in [0.1, 0.15) is 20.3 Å². The lowest BCUT2D eigenvalue weighted by Crippen LogP contribution is -2.43. The van der Waals surface area contributed by atoms with Crippen molar-refractivity contribution in [2.45, 2.75) is 20.3 Å². The van der Waals surface area contributed by atoms with Crippen molar-refractivity contribution in [3.63, 3.8) is 0 Å². The van der Waals surface area contributed by atoms with Crippen LogP contribution in [0.5, 0.6) is 0 Å². The third kappa shape index (κ3) is 7.93. The van der Waals surface area contributed by atoms with E-state index in [4.69, 9.17) is 17.0 Å². The average molecular weight is 261 g/mol. The highest BCUT2D eigenvalue weighted by atomic mass is 32.1. The average Bonchev–Trinajstić information content (AvgIpc) is 2.33. The molecule has 17 heavy (non-hydrogen) atoms. The summed E-state index contributed by atoms with van der Waals surface area (Å²) in [4.78, 5) is 13.4. The van der Waals surface area contributed by atoms with Gasteiger partial charge in [-0.25, -0.2) is 0 Å². The maximum Gasteiger partial charge on any atom is 0.241 e. The van der Waals surface area contributed by atoms with Crippen molar-refractivity contribution in [2.24, 2.45) is 0 Å². The Kier molecular flexibility index (Phi) is 9.75. The molecule has 5 nitrogen and oxygen atoms in total. The van der Waals surface area contributed by atoms with E-state index in [1.807, 2.05) is 13.8 Å². The van der Waals surface area contributed by atoms with Crippen LogP contribution in [-0.2, 0) is 9.53 Å². The smallest absolute Gasteiger partial charge is 0.241 e. The minimum Gasteiger partial charge on any atom is -0.385 e. The standard InChI is InChI=1S/C11H23N3O2S/c1-4-14(5-2)10(15)9-13-11(17)12-7-6-8-16-3/h4-9H2,1-3H3,(H2,12,13,17). The van der Waals surface area contributed by atoms with Gasteiger partial charge in [0.25, 0.3) is 0 Å². The molecule has 0 spiro atoms. The predicted molar refractivity (Wildman–Crippen MR) is 73.0 cm³/mol. The molecule has 0 saturated heterocycles. The van der Waals surface area contributed by atoms with Gasteiger partial charge in [-0.3, -0.25) is 4.79 Å². The van der Waals surface area contributed by atoms with E-state index in [0.29, 0.717) is 11.7 Å². The molecular formula is C11H23N3O2S. The van der Waals surface area contributed by atoms with Gasteiger partial charge in [0.1, 0.15) is 0 Å². The number of carbonyl (C=O) groups excluding carboxylic acids is 1. The zero-order chi connectivity index (χ0) is 13.1. The van der Waals surface area contributed by atoms with E-state index in [9.17, 15) is 4.79 Å². The van der Waals surface area contributed by atoms with Crippen molar-refractivity contribution in [1.29, 1.82) is 0 Å². The molecule has 2 N–H and O–H groups in total. The van der Waals surface area contributed by atoms with Crippen LogP contribution in [-0.4, -0.2) is 55.8 Å². The Hall–Kier alpha value is -0.880. The number of thiocarbonyl (C=S) groups is 1. The monoisotopic (exact) mass is 261 g/mol. The van der Waals surface area contributed by atoms with Gasteiger partial charge >= 0.3 is 0 Å². The minimum atomic E-state index is 0.0658. The first kappa shape index (κ1) is 16.1. The predicted octanol–water partition coefficient (Wildman–Crippen LogP) is 0.355. The first-order valence-corrected chi connectivity index (χ1v) is 6.34. The van der Waals surface area contributed by atoms with E-state index in [1.54, 1.807) is 12.0 Å². The summed E-state index contributed by atoms with van der Waals surface area (Å²) < 4.78 is 4.92. The van der Waals surface area contributed by atoms with Crippen LogP contribution in [0.25, 0.3) is 0 Å². The van der Waals surface area contributed by atoms with Crippen LogP contribution in [0.15, 0.2) is 0 Å². The highest BCUT2D eigenvalue weighted by molar-refractivity contribution is 7.80. The molecule has 0 fully saturated rings. The van der Waals surface area contributed by atoms with Crippen molar-refractivity contribution < 1.29 is 9.53 Å². The topological polar surface area (TPSA) is 53.6 Å². The van der Waals surface area contributed by atoms with Gasteiger partial charge in [0, 0.05) is 33.4 Å². The normalized spacial score (nSPS) is 9.82. The molecule has 0 aliphatic rings. The quantitative estimate of drug-likeness (QED) is 0.488. The second-order valence-electron chi connectivity index (χ2n) is 3.52. The number of amides is 1. The molecule has 0 heterocycles. The van der Waals surface area contributed by atoms with Crippen LogP contribution < -0.4 is 10.6 Å². The van der Waals surface area contributed by atoms with Crippen LogP contribution >= 0.6 is 12.2 Å². The van der Waals surface area contributed by atoms with E-state index in [0.717, 1.165) is 26.1 Å². The number of nitrogens with one attached hydrogen (secondary N) is 2. The van der Waals surface area contributed by atoms with E-state index in [2.05, 4.69) is 10.6 Å². The Labute approximate surface area is 109 Å². The Morgan fingerprint density at radius 3 is 2.47 bits per heavy atom. The van der Waals surface area contributed by atoms with Crippen LogP contribution in [0.4, 0.5) is 0 Å². The lowest BCUT2D eigenvalue weighted by Gasteiger charge is -2.19. The van der Waals surface area contributed by atoms with Crippen LogP contribution in [0, 0.1) is 0 Å². The molecule has 1 amide bonds. The fourth-order valence-corrected chi connectivity index (χ4v) is 1.50. The fourth-order valence-electron chi connectivity index (χ4n) is 1.32. The molecule has 0 aliphatic heterocycles. The summed E-state index contributed by atoms with van der Waals surface area (Å²) in [5, 5.41) is 6.43. The highest BCUT2D eigenvalue weighted by Crippen LogP contribution is 1.87. The number of nitrogens with zero attached hydrogens (tertiary/aromatic N) is 1. The fraction of sp³-hybridized carbons (Fsp3) is 0.818. The van der Waals surface area contributed by atoms with Crippen molar-refractivity contribution in [3.05, 3.63) is 0 Å². The van der Waals surface area contributed by atoms with Gasteiger partial charge in [-0.15, -0.1) is 0 Å². The second-order valence-corrected chi connectivity index (χ2v) is 3.93. The molecule has 0 radical (unpaired) electrons. The highest BCUT2D eigenvalue weighted by Gasteiger charge is 2.08. The molecule has 0 saturated carbocycles. The molecule has 0 aromatic carbocycles. The molecule has 0 unspecified atom stereocenters. The summed E-state index contributed by atoms with van der Waals surface area (Å²) in [6.45, 7) is 7.08. The van der Waals surface area contributed by atoms with E-state index >= 15 is 0 Å². The van der Waals surface area contributed by atoms with Crippen LogP contribution in [0.3, 0.4) is 0 Å². The zero-order valence-corrected chi connectivity index (χ0v) is 11.7. The lowest BCUT2D eigenvalue weighted by atomic mass is 10.4. The third-order valence-corrected chi connectivity index (χ3v) is 2.62. The molecule has 0 aliphatic carbocycles. The maximum absolute atomic E-state index is 11.6. The summed E-state index contributed by atoms with van der Waals surface area (Å²) in [5.41, 5.74) is 0. The Morgan fingerprint density at radius 1 is 1.29 bits per heavy atom. The van der Waals surface area contributed by atoms with Gasteiger partial charge in [-0.1, -0.05) is 0 Å². The number of likely N-dealkylation sites (N-methyl/N-ethyl adjacent to an activating group) is 1. The van der Waals surface area contributed by atoms with E-state index in [1.165, 1.54) is 0 Å². The van der Waals surface area contributed by atoms with Crippen LogP contribution in [0.2, 0.25) is 0 Å². The van der Waals surface area contributed by atoms with Gasteiger partial charge in [-0.2, -0.15) is 0 Å².